The molecule has 3 N–H and O–H groups in total. The summed E-state index contributed by atoms with van der Waals surface area (Å²) in [5.41, 5.74) is 4.90. The van der Waals surface area contributed by atoms with E-state index in [1.807, 2.05) is 92.7 Å². The molecule has 1 aromatic heterocycles. The topological polar surface area (TPSA) is 100 Å². The number of nitrogens with zero attached hydrogens (tertiary/aromatic N) is 1. The van der Waals surface area contributed by atoms with Crippen LogP contribution < -0.4 is 16.0 Å². The van der Waals surface area contributed by atoms with Gasteiger partial charge in [-0.25, -0.2) is 4.98 Å². The van der Waals surface area contributed by atoms with E-state index in [0.29, 0.717) is 22.3 Å². The molecule has 4 aromatic carbocycles. The third-order valence-corrected chi connectivity index (χ3v) is 9.27. The van der Waals surface area contributed by atoms with Crippen molar-refractivity contribution in [2.45, 2.75) is 43.8 Å². The minimum atomic E-state index is -0.469. The molecular weight excluding hydrogens is 625 g/mol. The molecule has 7 nitrogen and oxygen atoms in total. The lowest BCUT2D eigenvalue weighted by Crippen LogP contribution is -2.30. The number of amides is 3. The van der Waals surface area contributed by atoms with Gasteiger partial charge in [-0.1, -0.05) is 92.7 Å². The Balaban J connectivity index is 1.27. The molecule has 0 saturated carbocycles. The third kappa shape index (κ3) is 9.06. The van der Waals surface area contributed by atoms with Gasteiger partial charge in [0.05, 0.1) is 10.9 Å². The predicted molar refractivity (Wildman–Crippen MR) is 194 cm³/mol. The maximum absolute atomic E-state index is 13.6. The summed E-state index contributed by atoms with van der Waals surface area (Å²) in [5.74, 6) is -0.656. The highest BCUT2D eigenvalue weighted by Gasteiger charge is 2.19. The quantitative estimate of drug-likeness (QED) is 0.0972. The minimum Gasteiger partial charge on any atom is -0.321 e. The molecule has 0 aliphatic carbocycles. The molecule has 1 atom stereocenters. The van der Waals surface area contributed by atoms with Gasteiger partial charge in [0.15, 0.2) is 5.13 Å². The van der Waals surface area contributed by atoms with Crippen molar-refractivity contribution in [1.29, 1.82) is 0 Å². The van der Waals surface area contributed by atoms with E-state index in [9.17, 15) is 14.4 Å². The van der Waals surface area contributed by atoms with Gasteiger partial charge < -0.3 is 16.0 Å². The van der Waals surface area contributed by atoms with Crippen molar-refractivity contribution in [2.75, 3.05) is 10.6 Å². The van der Waals surface area contributed by atoms with E-state index in [4.69, 9.17) is 0 Å². The number of benzene rings is 4. The molecule has 5 rings (SSSR count). The van der Waals surface area contributed by atoms with Gasteiger partial charge in [0.25, 0.3) is 11.8 Å². The van der Waals surface area contributed by atoms with E-state index in [1.54, 1.807) is 36.4 Å². The molecule has 3 amide bonds. The SMILES string of the molecule is Cc1sc(NC(=O)C(C)Sc2cccc(NC(=O)/C(=C\c3ccc(C(C)C)cc3)NC(=O)c3ccccc3)c2)nc1-c1ccccc1. The summed E-state index contributed by atoms with van der Waals surface area (Å²) in [5, 5.41) is 8.77. The summed E-state index contributed by atoms with van der Waals surface area (Å²) in [4.78, 5) is 46.2. The van der Waals surface area contributed by atoms with Gasteiger partial charge in [-0.05, 0) is 67.3 Å². The average Bonchev–Trinajstić information content (AvgIpc) is 3.44. The van der Waals surface area contributed by atoms with Gasteiger partial charge in [-0.2, -0.15) is 0 Å². The van der Waals surface area contributed by atoms with Gasteiger partial charge in [0, 0.05) is 26.6 Å². The Morgan fingerprint density at radius 2 is 1.49 bits per heavy atom. The highest BCUT2D eigenvalue weighted by atomic mass is 32.2. The first-order valence-electron chi connectivity index (χ1n) is 15.3. The molecule has 0 fully saturated rings. The summed E-state index contributed by atoms with van der Waals surface area (Å²) in [7, 11) is 0. The maximum Gasteiger partial charge on any atom is 0.272 e. The highest BCUT2D eigenvalue weighted by molar-refractivity contribution is 8.00. The number of anilines is 2. The van der Waals surface area contributed by atoms with Crippen LogP contribution >= 0.6 is 23.1 Å². The van der Waals surface area contributed by atoms with Gasteiger partial charge in [-0.15, -0.1) is 23.1 Å². The average molecular weight is 661 g/mol. The third-order valence-electron chi connectivity index (χ3n) is 7.29. The summed E-state index contributed by atoms with van der Waals surface area (Å²) in [6, 6.07) is 33.8. The van der Waals surface area contributed by atoms with Crippen molar-refractivity contribution >= 4 is 57.7 Å². The van der Waals surface area contributed by atoms with Crippen LogP contribution in [0.3, 0.4) is 0 Å². The minimum absolute atomic E-state index is 0.107. The highest BCUT2D eigenvalue weighted by Crippen LogP contribution is 2.32. The maximum atomic E-state index is 13.6. The largest absolute Gasteiger partial charge is 0.321 e. The van der Waals surface area contributed by atoms with E-state index < -0.39 is 11.2 Å². The number of nitrogens with one attached hydrogen (secondary N) is 3. The molecule has 9 heteroatoms. The lowest BCUT2D eigenvalue weighted by atomic mass is 10.0. The molecule has 0 aliphatic heterocycles. The molecule has 0 saturated heterocycles. The summed E-state index contributed by atoms with van der Waals surface area (Å²) >= 11 is 2.81. The van der Waals surface area contributed by atoms with Crippen molar-refractivity contribution in [3.8, 4) is 11.3 Å². The number of hydrogen-bond donors (Lipinski definition) is 3. The van der Waals surface area contributed by atoms with Gasteiger partial charge in [0.2, 0.25) is 5.91 Å². The van der Waals surface area contributed by atoms with Gasteiger partial charge in [-0.3, -0.25) is 14.4 Å². The van der Waals surface area contributed by atoms with Crippen LogP contribution in [0.1, 0.15) is 53.1 Å². The van der Waals surface area contributed by atoms with Crippen molar-refractivity contribution in [2.24, 2.45) is 0 Å². The van der Waals surface area contributed by atoms with Gasteiger partial charge >= 0.3 is 0 Å². The molecule has 0 bridgehead atoms. The Morgan fingerprint density at radius 1 is 0.809 bits per heavy atom. The number of aromatic nitrogens is 1. The van der Waals surface area contributed by atoms with E-state index >= 15 is 0 Å². The Morgan fingerprint density at radius 3 is 2.17 bits per heavy atom. The van der Waals surface area contributed by atoms with E-state index in [0.717, 1.165) is 26.6 Å². The molecule has 0 aliphatic rings. The second kappa shape index (κ2) is 15.5. The van der Waals surface area contributed by atoms with E-state index in [1.165, 1.54) is 28.7 Å². The fourth-order valence-electron chi connectivity index (χ4n) is 4.71. The fraction of sp³-hybridized carbons (Fsp3) is 0.158. The molecule has 238 valence electrons. The first kappa shape index (κ1) is 33.4. The van der Waals surface area contributed by atoms with E-state index in [-0.39, 0.29) is 17.5 Å². The Hall–Kier alpha value is -4.99. The molecule has 47 heavy (non-hydrogen) atoms. The lowest BCUT2D eigenvalue weighted by molar-refractivity contribution is -0.115. The van der Waals surface area contributed by atoms with Crippen LogP contribution in [0, 0.1) is 6.92 Å². The molecular formula is C38H36N4O3S2. The number of thiazole rings is 1. The number of aryl methyl sites for hydroxylation is 1. The smallest absolute Gasteiger partial charge is 0.272 e. The first-order valence-corrected chi connectivity index (χ1v) is 17.0. The monoisotopic (exact) mass is 660 g/mol. The fourth-order valence-corrected chi connectivity index (χ4v) is 6.48. The van der Waals surface area contributed by atoms with E-state index in [2.05, 4.69) is 34.8 Å². The Bertz CT molecular complexity index is 1890. The van der Waals surface area contributed by atoms with Crippen LogP contribution in [0.4, 0.5) is 10.8 Å². The number of hydrogen-bond acceptors (Lipinski definition) is 6. The van der Waals surface area contributed by atoms with Crippen LogP contribution in [0.15, 0.2) is 120 Å². The normalized spacial score (nSPS) is 12.0. The second-order valence-corrected chi connectivity index (χ2v) is 13.8. The number of carbonyl (C=O) groups excluding carboxylic acids is 3. The number of thioether (sulfide) groups is 1. The van der Waals surface area contributed by atoms with Crippen LogP contribution in [0.5, 0.6) is 0 Å². The zero-order valence-electron chi connectivity index (χ0n) is 26.6. The predicted octanol–water partition coefficient (Wildman–Crippen LogP) is 8.77. The van der Waals surface area contributed by atoms with Crippen molar-refractivity contribution < 1.29 is 14.4 Å². The first-order chi connectivity index (χ1) is 22.7. The van der Waals surface area contributed by atoms with Crippen LogP contribution in [0.2, 0.25) is 0 Å². The molecule has 0 radical (unpaired) electrons. The molecule has 1 unspecified atom stereocenters. The lowest BCUT2D eigenvalue weighted by Gasteiger charge is -2.14. The zero-order chi connectivity index (χ0) is 33.3. The van der Waals surface area contributed by atoms with Crippen LogP contribution in [0.25, 0.3) is 17.3 Å². The molecule has 0 spiro atoms. The standard InChI is InChI=1S/C38H36N4O3S2/c1-24(2)28-20-18-27(19-21-28)22-33(40-36(44)30-14-9-6-10-15-30)37(45)39-31-16-11-17-32(23-31)46-26(4)35(43)42-38-41-34(25(3)47-38)29-12-7-5-8-13-29/h5-24,26H,1-4H3,(H,39,45)(H,40,44)(H,41,42,43)/b33-22+. The van der Waals surface area contributed by atoms with Crippen molar-refractivity contribution in [1.82, 2.24) is 10.3 Å². The summed E-state index contributed by atoms with van der Waals surface area (Å²) in [6.45, 7) is 8.05. The second-order valence-electron chi connectivity index (χ2n) is 11.2. The number of rotatable bonds is 11. The van der Waals surface area contributed by atoms with Gasteiger partial charge in [0.1, 0.15) is 5.70 Å². The molecule has 5 aromatic rings. The summed E-state index contributed by atoms with van der Waals surface area (Å²) < 4.78 is 0. The Kier molecular flexibility index (Phi) is 11.0. The molecule has 1 heterocycles. The van der Waals surface area contributed by atoms with Crippen molar-refractivity contribution in [3.05, 3.63) is 136 Å². The number of carbonyl (C=O) groups is 3. The van der Waals surface area contributed by atoms with Crippen molar-refractivity contribution in [3.63, 3.8) is 0 Å². The summed E-state index contributed by atoms with van der Waals surface area (Å²) in [6.07, 6.45) is 1.66. The Labute approximate surface area is 283 Å². The van der Waals surface area contributed by atoms with Crippen LogP contribution in [-0.2, 0) is 9.59 Å². The van der Waals surface area contributed by atoms with Crippen LogP contribution in [-0.4, -0.2) is 28.0 Å². The zero-order valence-corrected chi connectivity index (χ0v) is 28.2.